The highest BCUT2D eigenvalue weighted by atomic mass is 14.4. The van der Waals surface area contributed by atoms with Gasteiger partial charge in [-0.05, 0) is 71.2 Å². The lowest BCUT2D eigenvalue weighted by atomic mass is 9.70. The second-order valence-electron chi connectivity index (χ2n) is 14.2. The minimum Gasteiger partial charge on any atom is -0.0654 e. The number of hydrogen-bond acceptors (Lipinski definition) is 0. The quantitative estimate of drug-likeness (QED) is 0.0765. The minimum atomic E-state index is 0.0710. The van der Waals surface area contributed by atoms with Gasteiger partial charge in [0.2, 0.25) is 0 Å². The lowest BCUT2D eigenvalue weighted by molar-refractivity contribution is 0.398. The maximum absolute atomic E-state index is 2.55. The molecule has 4 aromatic carbocycles. The number of hydrogen-bond donors (Lipinski definition) is 0. The standard InChI is InChI=1S/C47H58/c1-5-7-9-11-13-15-33-47(34-16-14-12-10-8-6-2)45-35-41(27-25-39-21-17-37(3)18-22-39)29-31-43(45)44-32-30-42(36-46(44)47)28-26-40-23-19-38(4)20-24-40/h17-32,35-36H,5-16,33-34H2,1-4H3/b27-25+,28-26+. The van der Waals surface area contributed by atoms with Crippen molar-refractivity contribution in [2.24, 2.45) is 0 Å². The molecule has 0 saturated heterocycles. The molecule has 0 atom stereocenters. The smallest absolute Gasteiger partial charge is 0.0215 e. The Labute approximate surface area is 287 Å². The van der Waals surface area contributed by atoms with Gasteiger partial charge in [0.25, 0.3) is 0 Å². The molecule has 1 aliphatic rings. The van der Waals surface area contributed by atoms with Crippen LogP contribution in [0.5, 0.6) is 0 Å². The number of fused-ring (bicyclic) bond motifs is 3. The average molecular weight is 623 g/mol. The Bertz CT molecular complexity index is 1470. The van der Waals surface area contributed by atoms with Gasteiger partial charge in [-0.3, -0.25) is 0 Å². The number of aryl methyl sites for hydroxylation is 2. The maximum atomic E-state index is 2.55. The largest absolute Gasteiger partial charge is 0.0654 e. The molecular weight excluding hydrogens is 565 g/mol. The first-order chi connectivity index (χ1) is 23.0. The summed E-state index contributed by atoms with van der Waals surface area (Å²) in [5, 5.41) is 0. The van der Waals surface area contributed by atoms with Crippen molar-refractivity contribution in [2.45, 2.75) is 123 Å². The van der Waals surface area contributed by atoms with Crippen LogP contribution in [0.25, 0.3) is 35.4 Å². The van der Waals surface area contributed by atoms with Crippen molar-refractivity contribution >= 4 is 24.3 Å². The molecule has 0 spiro atoms. The predicted octanol–water partition coefficient (Wildman–Crippen LogP) is 14.4. The van der Waals surface area contributed by atoms with Gasteiger partial charge in [-0.25, -0.2) is 0 Å². The summed E-state index contributed by atoms with van der Waals surface area (Å²) >= 11 is 0. The van der Waals surface area contributed by atoms with E-state index >= 15 is 0 Å². The highest BCUT2D eigenvalue weighted by molar-refractivity contribution is 5.85. The molecule has 0 nitrogen and oxygen atoms in total. The molecule has 5 rings (SSSR count). The molecule has 0 radical (unpaired) electrons. The predicted molar refractivity (Wildman–Crippen MR) is 209 cm³/mol. The van der Waals surface area contributed by atoms with Crippen LogP contribution in [0.4, 0.5) is 0 Å². The van der Waals surface area contributed by atoms with Gasteiger partial charge in [-0.15, -0.1) is 0 Å². The van der Waals surface area contributed by atoms with Crippen molar-refractivity contribution in [3.63, 3.8) is 0 Å². The topological polar surface area (TPSA) is 0 Å². The van der Waals surface area contributed by atoms with Gasteiger partial charge < -0.3 is 0 Å². The van der Waals surface area contributed by atoms with Crippen LogP contribution in [-0.4, -0.2) is 0 Å². The van der Waals surface area contributed by atoms with E-state index in [1.807, 2.05) is 0 Å². The SMILES string of the molecule is CCCCCCCCC1(CCCCCCCC)c2cc(/C=C/c3ccc(C)cc3)ccc2-c2ccc(/C=C/c3ccc(C)cc3)cc21. The molecule has 0 bridgehead atoms. The van der Waals surface area contributed by atoms with Gasteiger partial charge >= 0.3 is 0 Å². The first-order valence-corrected chi connectivity index (χ1v) is 18.8. The molecule has 0 heteroatoms. The zero-order valence-corrected chi connectivity index (χ0v) is 29.8. The van der Waals surface area contributed by atoms with Crippen LogP contribution in [0.3, 0.4) is 0 Å². The molecule has 0 saturated carbocycles. The van der Waals surface area contributed by atoms with E-state index in [-0.39, 0.29) is 5.41 Å². The number of unbranched alkanes of at least 4 members (excludes halogenated alkanes) is 10. The van der Waals surface area contributed by atoms with Gasteiger partial charge in [0.1, 0.15) is 0 Å². The van der Waals surface area contributed by atoms with Gasteiger partial charge in [0.05, 0.1) is 0 Å². The van der Waals surface area contributed by atoms with Crippen LogP contribution in [-0.2, 0) is 5.41 Å². The summed E-state index contributed by atoms with van der Waals surface area (Å²) in [4.78, 5) is 0. The Morgan fingerprint density at radius 1 is 0.404 bits per heavy atom. The summed E-state index contributed by atoms with van der Waals surface area (Å²) in [5.41, 5.74) is 13.9. The van der Waals surface area contributed by atoms with E-state index in [9.17, 15) is 0 Å². The summed E-state index contributed by atoms with van der Waals surface area (Å²) in [5.74, 6) is 0. The van der Waals surface area contributed by atoms with E-state index in [1.165, 1.54) is 134 Å². The van der Waals surface area contributed by atoms with Crippen molar-refractivity contribution in [2.75, 3.05) is 0 Å². The molecule has 4 aromatic rings. The zero-order valence-electron chi connectivity index (χ0n) is 29.8. The van der Waals surface area contributed by atoms with Crippen LogP contribution in [0.15, 0.2) is 84.9 Å². The molecule has 0 amide bonds. The molecule has 0 fully saturated rings. The zero-order chi connectivity index (χ0) is 32.9. The van der Waals surface area contributed by atoms with Gasteiger partial charge in [-0.2, -0.15) is 0 Å². The molecule has 47 heavy (non-hydrogen) atoms. The van der Waals surface area contributed by atoms with E-state index in [1.54, 1.807) is 11.1 Å². The second-order valence-corrected chi connectivity index (χ2v) is 14.2. The third kappa shape index (κ3) is 9.25. The van der Waals surface area contributed by atoms with Gasteiger partial charge in [-0.1, -0.05) is 211 Å². The fourth-order valence-corrected chi connectivity index (χ4v) is 7.56. The lowest BCUT2D eigenvalue weighted by Gasteiger charge is -2.33. The normalized spacial score (nSPS) is 13.4. The summed E-state index contributed by atoms with van der Waals surface area (Å²) in [6, 6.07) is 32.3. The lowest BCUT2D eigenvalue weighted by Crippen LogP contribution is -2.25. The Morgan fingerprint density at radius 2 is 0.745 bits per heavy atom. The molecule has 0 unspecified atom stereocenters. The summed E-state index contributed by atoms with van der Waals surface area (Å²) < 4.78 is 0. The van der Waals surface area contributed by atoms with Crippen molar-refractivity contribution in [1.82, 2.24) is 0 Å². The van der Waals surface area contributed by atoms with Crippen LogP contribution in [0.2, 0.25) is 0 Å². The highest BCUT2D eigenvalue weighted by Crippen LogP contribution is 2.55. The fourth-order valence-electron chi connectivity index (χ4n) is 7.56. The minimum absolute atomic E-state index is 0.0710. The second kappa shape index (κ2) is 17.5. The van der Waals surface area contributed by atoms with Crippen molar-refractivity contribution in [1.29, 1.82) is 0 Å². The number of benzene rings is 4. The molecule has 0 aliphatic heterocycles. The van der Waals surface area contributed by atoms with Crippen molar-refractivity contribution in [3.05, 3.63) is 129 Å². The van der Waals surface area contributed by atoms with Gasteiger partial charge in [0.15, 0.2) is 0 Å². The molecule has 246 valence electrons. The Balaban J connectivity index is 1.51. The molecular formula is C47H58. The summed E-state index contributed by atoms with van der Waals surface area (Å²) in [6.45, 7) is 8.94. The summed E-state index contributed by atoms with van der Waals surface area (Å²) in [6.07, 6.45) is 27.8. The third-order valence-electron chi connectivity index (χ3n) is 10.4. The fraction of sp³-hybridized carbons (Fsp3) is 0.404. The first-order valence-electron chi connectivity index (χ1n) is 18.8. The highest BCUT2D eigenvalue weighted by Gasteiger charge is 2.42. The van der Waals surface area contributed by atoms with Crippen molar-refractivity contribution < 1.29 is 0 Å². The molecule has 1 aliphatic carbocycles. The van der Waals surface area contributed by atoms with Crippen LogP contribution >= 0.6 is 0 Å². The summed E-state index contributed by atoms with van der Waals surface area (Å²) in [7, 11) is 0. The van der Waals surface area contributed by atoms with E-state index in [0.717, 1.165) is 0 Å². The molecule has 0 N–H and O–H groups in total. The van der Waals surface area contributed by atoms with Crippen LogP contribution in [0, 0.1) is 13.8 Å². The number of rotatable bonds is 18. The third-order valence-corrected chi connectivity index (χ3v) is 10.4. The maximum Gasteiger partial charge on any atom is 0.0215 e. The Kier molecular flexibility index (Phi) is 12.9. The molecule has 0 heterocycles. The van der Waals surface area contributed by atoms with E-state index < -0.39 is 0 Å². The van der Waals surface area contributed by atoms with E-state index in [2.05, 4.69) is 137 Å². The van der Waals surface area contributed by atoms with Crippen LogP contribution in [0.1, 0.15) is 148 Å². The Hall–Kier alpha value is -3.64. The van der Waals surface area contributed by atoms with Crippen molar-refractivity contribution in [3.8, 4) is 11.1 Å². The Morgan fingerprint density at radius 3 is 1.15 bits per heavy atom. The van der Waals surface area contributed by atoms with Gasteiger partial charge in [0, 0.05) is 5.41 Å². The van der Waals surface area contributed by atoms with E-state index in [4.69, 9.17) is 0 Å². The van der Waals surface area contributed by atoms with Crippen LogP contribution < -0.4 is 0 Å². The van der Waals surface area contributed by atoms with E-state index in [0.29, 0.717) is 0 Å². The molecule has 0 aromatic heterocycles. The monoisotopic (exact) mass is 622 g/mol. The first kappa shape index (κ1) is 34.7. The average Bonchev–Trinajstić information content (AvgIpc) is 3.35.